The average Bonchev–Trinajstić information content (AvgIpc) is 2.28. The van der Waals surface area contributed by atoms with Gasteiger partial charge in [0.05, 0.1) is 12.2 Å². The maximum Gasteiger partial charge on any atom is 0.338 e. The molecule has 0 bridgehead atoms. The number of Topliss-reactive ketones (excluding diaryl/α,β-unsaturated/α-hetero) is 1. The number of esters is 1. The highest BCUT2D eigenvalue weighted by molar-refractivity contribution is 5.95. The van der Waals surface area contributed by atoms with Crippen molar-refractivity contribution in [2.45, 2.75) is 13.3 Å². The van der Waals surface area contributed by atoms with Gasteiger partial charge in [-0.15, -0.1) is 0 Å². The van der Waals surface area contributed by atoms with Crippen LogP contribution < -0.4 is 4.74 Å². The lowest BCUT2D eigenvalue weighted by Crippen LogP contribution is -2.22. The van der Waals surface area contributed by atoms with E-state index in [4.69, 9.17) is 9.47 Å². The predicted molar refractivity (Wildman–Crippen MR) is 56.6 cm³/mol. The Hall–Kier alpha value is -1.84. The highest BCUT2D eigenvalue weighted by atomic mass is 16.5. The van der Waals surface area contributed by atoms with Crippen molar-refractivity contribution < 1.29 is 19.1 Å². The summed E-state index contributed by atoms with van der Waals surface area (Å²) < 4.78 is 10.2. The number of hydrogen-bond acceptors (Lipinski definition) is 4. The van der Waals surface area contributed by atoms with Gasteiger partial charge in [0, 0.05) is 12.0 Å². The number of benzene rings is 1. The van der Waals surface area contributed by atoms with E-state index in [0.717, 1.165) is 0 Å². The van der Waals surface area contributed by atoms with Gasteiger partial charge in [0.2, 0.25) is 0 Å². The summed E-state index contributed by atoms with van der Waals surface area (Å²) in [5, 5.41) is 0. The van der Waals surface area contributed by atoms with Crippen LogP contribution in [0.15, 0.2) is 18.2 Å². The first-order chi connectivity index (χ1) is 7.72. The lowest BCUT2D eigenvalue weighted by atomic mass is 9.99. The van der Waals surface area contributed by atoms with Gasteiger partial charge in [-0.2, -0.15) is 0 Å². The SMILES string of the molecule is CCOC(=O)c1cccc2c1CC(=O)CO2. The van der Waals surface area contributed by atoms with Gasteiger partial charge in [-0.1, -0.05) is 6.07 Å². The molecule has 1 heterocycles. The van der Waals surface area contributed by atoms with Crippen LogP contribution in [0, 0.1) is 0 Å². The Morgan fingerprint density at radius 1 is 1.50 bits per heavy atom. The van der Waals surface area contributed by atoms with Gasteiger partial charge in [0.15, 0.2) is 5.78 Å². The summed E-state index contributed by atoms with van der Waals surface area (Å²) in [6.07, 6.45) is 0.240. The van der Waals surface area contributed by atoms with Crippen LogP contribution >= 0.6 is 0 Å². The van der Waals surface area contributed by atoms with E-state index >= 15 is 0 Å². The van der Waals surface area contributed by atoms with Crippen LogP contribution in [0.3, 0.4) is 0 Å². The molecule has 0 saturated carbocycles. The summed E-state index contributed by atoms with van der Waals surface area (Å²) >= 11 is 0. The highest BCUT2D eigenvalue weighted by Crippen LogP contribution is 2.27. The van der Waals surface area contributed by atoms with E-state index in [9.17, 15) is 9.59 Å². The molecule has 0 aliphatic carbocycles. The summed E-state index contributed by atoms with van der Waals surface area (Å²) in [4.78, 5) is 22.9. The molecule has 2 rings (SSSR count). The zero-order chi connectivity index (χ0) is 11.5. The second-order valence-corrected chi connectivity index (χ2v) is 3.51. The van der Waals surface area contributed by atoms with Crippen molar-refractivity contribution in [3.63, 3.8) is 0 Å². The fourth-order valence-electron chi connectivity index (χ4n) is 1.69. The van der Waals surface area contributed by atoms with Crippen LogP contribution in [0.2, 0.25) is 0 Å². The van der Waals surface area contributed by atoms with E-state index in [1.807, 2.05) is 0 Å². The van der Waals surface area contributed by atoms with Gasteiger partial charge < -0.3 is 9.47 Å². The van der Waals surface area contributed by atoms with Gasteiger partial charge in [-0.25, -0.2) is 4.79 Å². The Labute approximate surface area is 93.2 Å². The Kier molecular flexibility index (Phi) is 2.90. The minimum atomic E-state index is -0.405. The first-order valence-electron chi connectivity index (χ1n) is 5.16. The first-order valence-corrected chi connectivity index (χ1v) is 5.16. The number of rotatable bonds is 2. The summed E-state index contributed by atoms with van der Waals surface area (Å²) in [5.41, 5.74) is 1.06. The molecule has 0 atom stereocenters. The van der Waals surface area contributed by atoms with Gasteiger partial charge in [0.25, 0.3) is 0 Å². The van der Waals surface area contributed by atoms with Crippen molar-refractivity contribution in [2.24, 2.45) is 0 Å². The molecule has 0 fully saturated rings. The van der Waals surface area contributed by atoms with Crippen molar-refractivity contribution in [3.8, 4) is 5.75 Å². The largest absolute Gasteiger partial charge is 0.486 e. The third kappa shape index (κ3) is 1.91. The zero-order valence-electron chi connectivity index (χ0n) is 8.99. The third-order valence-electron chi connectivity index (χ3n) is 2.39. The smallest absolute Gasteiger partial charge is 0.338 e. The van der Waals surface area contributed by atoms with Gasteiger partial charge in [0.1, 0.15) is 12.4 Å². The number of ether oxygens (including phenoxy) is 2. The molecule has 0 aromatic heterocycles. The van der Waals surface area contributed by atoms with Crippen LogP contribution in [-0.4, -0.2) is 25.0 Å². The number of hydrogen-bond donors (Lipinski definition) is 0. The average molecular weight is 220 g/mol. The molecule has 0 N–H and O–H groups in total. The minimum absolute atomic E-state index is 0.0238. The van der Waals surface area contributed by atoms with Crippen LogP contribution in [0.1, 0.15) is 22.8 Å². The zero-order valence-corrected chi connectivity index (χ0v) is 8.99. The summed E-state index contributed by atoms with van der Waals surface area (Å²) in [7, 11) is 0. The first kappa shape index (κ1) is 10.7. The monoisotopic (exact) mass is 220 g/mol. The second kappa shape index (κ2) is 4.35. The number of carbonyl (C=O) groups excluding carboxylic acids is 2. The fraction of sp³-hybridized carbons (Fsp3) is 0.333. The second-order valence-electron chi connectivity index (χ2n) is 3.51. The van der Waals surface area contributed by atoms with E-state index in [2.05, 4.69) is 0 Å². The van der Waals surface area contributed by atoms with Crippen LogP contribution in [-0.2, 0) is 16.0 Å². The number of carbonyl (C=O) groups is 2. The summed E-state index contributed by atoms with van der Waals surface area (Å²) in [6, 6.07) is 5.13. The Morgan fingerprint density at radius 3 is 3.06 bits per heavy atom. The minimum Gasteiger partial charge on any atom is -0.486 e. The Balaban J connectivity index is 2.39. The summed E-state index contributed by atoms with van der Waals surface area (Å²) in [5.74, 6) is 0.173. The van der Waals surface area contributed by atoms with E-state index in [0.29, 0.717) is 23.5 Å². The third-order valence-corrected chi connectivity index (χ3v) is 2.39. The van der Waals surface area contributed by atoms with Crippen molar-refractivity contribution >= 4 is 11.8 Å². The molecule has 0 amide bonds. The van der Waals surface area contributed by atoms with Gasteiger partial charge in [-0.3, -0.25) is 4.79 Å². The predicted octanol–water partition coefficient (Wildman–Crippen LogP) is 1.37. The van der Waals surface area contributed by atoms with E-state index < -0.39 is 5.97 Å². The maximum atomic E-state index is 11.6. The van der Waals surface area contributed by atoms with E-state index in [1.54, 1.807) is 25.1 Å². The van der Waals surface area contributed by atoms with Crippen molar-refractivity contribution in [3.05, 3.63) is 29.3 Å². The molecule has 84 valence electrons. The lowest BCUT2D eigenvalue weighted by molar-refractivity contribution is -0.121. The van der Waals surface area contributed by atoms with Gasteiger partial charge >= 0.3 is 5.97 Å². The molecule has 0 saturated heterocycles. The molecule has 1 aromatic rings. The topological polar surface area (TPSA) is 52.6 Å². The molecular weight excluding hydrogens is 208 g/mol. The van der Waals surface area contributed by atoms with Crippen molar-refractivity contribution in [2.75, 3.05) is 13.2 Å². The quantitative estimate of drug-likeness (QED) is 0.706. The Morgan fingerprint density at radius 2 is 2.31 bits per heavy atom. The molecule has 0 unspecified atom stereocenters. The van der Waals surface area contributed by atoms with Crippen LogP contribution in [0.25, 0.3) is 0 Å². The van der Waals surface area contributed by atoms with E-state index in [-0.39, 0.29) is 18.8 Å². The maximum absolute atomic E-state index is 11.6. The van der Waals surface area contributed by atoms with Crippen LogP contribution in [0.4, 0.5) is 0 Å². The van der Waals surface area contributed by atoms with Crippen molar-refractivity contribution in [1.82, 2.24) is 0 Å². The highest BCUT2D eigenvalue weighted by Gasteiger charge is 2.23. The molecule has 0 spiro atoms. The van der Waals surface area contributed by atoms with Crippen molar-refractivity contribution in [1.29, 1.82) is 0 Å². The number of fused-ring (bicyclic) bond motifs is 1. The molecule has 1 aliphatic heterocycles. The molecule has 0 radical (unpaired) electrons. The fourth-order valence-corrected chi connectivity index (χ4v) is 1.69. The molecule has 4 nitrogen and oxygen atoms in total. The standard InChI is InChI=1S/C12H12O4/c1-2-15-12(14)9-4-3-5-11-10(9)6-8(13)7-16-11/h3-5H,2,6-7H2,1H3. The van der Waals surface area contributed by atoms with Gasteiger partial charge in [-0.05, 0) is 19.1 Å². The Bertz CT molecular complexity index is 437. The molecule has 1 aromatic carbocycles. The molecule has 1 aliphatic rings. The molecule has 4 heteroatoms. The normalized spacial score (nSPS) is 13.9. The van der Waals surface area contributed by atoms with Crippen LogP contribution in [0.5, 0.6) is 5.75 Å². The molecular formula is C12H12O4. The molecule has 16 heavy (non-hydrogen) atoms. The lowest BCUT2D eigenvalue weighted by Gasteiger charge is -2.18. The summed E-state index contributed by atoms with van der Waals surface area (Å²) in [6.45, 7) is 2.14. The van der Waals surface area contributed by atoms with E-state index in [1.165, 1.54) is 0 Å². The number of ketones is 1.